The highest BCUT2D eigenvalue weighted by atomic mass is 16.7. The number of hydrogen-bond acceptors (Lipinski definition) is 9. The fourth-order valence-corrected chi connectivity index (χ4v) is 8.04. The molecule has 0 aromatic carbocycles. The molecule has 5 rings (SSSR count). The number of esters is 3. The van der Waals surface area contributed by atoms with Crippen LogP contribution < -0.4 is 0 Å². The summed E-state index contributed by atoms with van der Waals surface area (Å²) in [4.78, 5) is 37.6. The maximum absolute atomic E-state index is 13.0. The molecule has 0 aromatic heterocycles. The lowest BCUT2D eigenvalue weighted by molar-refractivity contribution is -0.269. The summed E-state index contributed by atoms with van der Waals surface area (Å²) in [5.41, 5.74) is -2.17. The summed E-state index contributed by atoms with van der Waals surface area (Å²) < 4.78 is 36.5. The molecular formula is C29H42O9. The highest BCUT2D eigenvalue weighted by Gasteiger charge is 2.80. The van der Waals surface area contributed by atoms with Crippen LogP contribution >= 0.6 is 0 Å². The van der Waals surface area contributed by atoms with E-state index in [0.29, 0.717) is 32.3 Å². The quantitative estimate of drug-likeness (QED) is 0.273. The van der Waals surface area contributed by atoms with Crippen molar-refractivity contribution in [3.05, 3.63) is 12.3 Å². The van der Waals surface area contributed by atoms with Crippen molar-refractivity contribution in [2.75, 3.05) is 13.2 Å². The summed E-state index contributed by atoms with van der Waals surface area (Å²) in [6.45, 7) is 11.4. The molecule has 1 spiro atoms. The van der Waals surface area contributed by atoms with Gasteiger partial charge in [-0.05, 0) is 50.0 Å². The maximum Gasteiger partial charge on any atom is 0.309 e. The fourth-order valence-electron chi connectivity index (χ4n) is 8.04. The summed E-state index contributed by atoms with van der Waals surface area (Å²) in [6.07, 6.45) is 5.62. The number of fused-ring (bicyclic) bond motifs is 3. The van der Waals surface area contributed by atoms with Crippen LogP contribution in [0, 0.1) is 34.5 Å². The molecule has 3 aliphatic heterocycles. The van der Waals surface area contributed by atoms with Crippen LogP contribution in [0.3, 0.4) is 0 Å². The van der Waals surface area contributed by atoms with Gasteiger partial charge in [-0.15, -0.1) is 0 Å². The first-order valence-electron chi connectivity index (χ1n) is 14.1. The minimum absolute atomic E-state index is 0.0145. The predicted octanol–water partition coefficient (Wildman–Crippen LogP) is 3.93. The molecule has 0 bridgehead atoms. The van der Waals surface area contributed by atoms with Crippen molar-refractivity contribution in [2.24, 2.45) is 34.5 Å². The van der Waals surface area contributed by atoms with E-state index < -0.39 is 35.2 Å². The number of hydrogen-bond donors (Lipinski definition) is 0. The molecule has 0 unspecified atom stereocenters. The first-order valence-corrected chi connectivity index (χ1v) is 14.1. The van der Waals surface area contributed by atoms with Gasteiger partial charge in [-0.1, -0.05) is 27.7 Å². The van der Waals surface area contributed by atoms with Crippen molar-refractivity contribution in [1.29, 1.82) is 0 Å². The molecule has 9 heteroatoms. The second-order valence-corrected chi connectivity index (χ2v) is 12.3. The first-order chi connectivity index (χ1) is 18.0. The Labute approximate surface area is 224 Å². The first kappa shape index (κ1) is 27.4. The predicted molar refractivity (Wildman–Crippen MR) is 134 cm³/mol. The van der Waals surface area contributed by atoms with Gasteiger partial charge in [-0.3, -0.25) is 14.4 Å². The van der Waals surface area contributed by atoms with Gasteiger partial charge in [0.15, 0.2) is 0 Å². The molecule has 2 saturated heterocycles. The standard InChI is InChI=1S/C29H42O9/c1-7-16(2)25(32)37-22-9-8-21-27(6,23-13-20-10-11-33-26(20)38-23)17(3)12-24(36-19(5)31)28(21,14-34-18(4)30)29(22)15-35-29/h10-11,16-17,20-24,26H,7-9,12-15H2,1-6H3/t16-,17+,20+,21+,22-,23-,24-,26-,27-,28-,29+/m0/s1. The van der Waals surface area contributed by atoms with Gasteiger partial charge in [0.25, 0.3) is 0 Å². The second kappa shape index (κ2) is 9.81. The zero-order valence-corrected chi connectivity index (χ0v) is 23.4. The Balaban J connectivity index is 1.59. The molecule has 212 valence electrons. The van der Waals surface area contributed by atoms with Gasteiger partial charge in [0.1, 0.15) is 24.4 Å². The Morgan fingerprint density at radius 1 is 1.08 bits per heavy atom. The zero-order valence-electron chi connectivity index (χ0n) is 23.4. The van der Waals surface area contributed by atoms with E-state index in [1.165, 1.54) is 13.8 Å². The van der Waals surface area contributed by atoms with Crippen molar-refractivity contribution < 1.29 is 42.8 Å². The van der Waals surface area contributed by atoms with Gasteiger partial charge in [0, 0.05) is 25.2 Å². The van der Waals surface area contributed by atoms with E-state index >= 15 is 0 Å². The number of carbonyl (C=O) groups excluding carboxylic acids is 3. The molecule has 9 nitrogen and oxygen atoms in total. The number of carbonyl (C=O) groups is 3. The zero-order chi connectivity index (χ0) is 27.5. The molecule has 0 N–H and O–H groups in total. The Kier molecular flexibility index (Phi) is 7.08. The molecule has 2 saturated carbocycles. The molecular weight excluding hydrogens is 492 g/mol. The van der Waals surface area contributed by atoms with E-state index in [0.717, 1.165) is 6.42 Å². The van der Waals surface area contributed by atoms with Gasteiger partial charge in [0.2, 0.25) is 6.29 Å². The van der Waals surface area contributed by atoms with Crippen molar-refractivity contribution >= 4 is 17.9 Å². The fraction of sp³-hybridized carbons (Fsp3) is 0.828. The molecule has 3 heterocycles. The lowest BCUT2D eigenvalue weighted by Crippen LogP contribution is -2.72. The van der Waals surface area contributed by atoms with Gasteiger partial charge < -0.3 is 28.4 Å². The van der Waals surface area contributed by atoms with E-state index in [4.69, 9.17) is 28.4 Å². The monoisotopic (exact) mass is 534 g/mol. The Morgan fingerprint density at radius 2 is 1.82 bits per heavy atom. The second-order valence-electron chi connectivity index (χ2n) is 12.3. The highest BCUT2D eigenvalue weighted by Crippen LogP contribution is 2.70. The SMILES string of the molecule is CC[C@H](C)C(=O)O[C@H]1CC[C@@H]2[C@@](C)([C@@H]3C[C@H]4C=CO[C@H]4O3)[C@H](C)C[C@H](OC(C)=O)[C@@]2(COC(C)=O)[C@@]12CO2. The maximum atomic E-state index is 13.0. The van der Waals surface area contributed by atoms with Crippen LogP contribution in [0.5, 0.6) is 0 Å². The summed E-state index contributed by atoms with van der Waals surface area (Å²) in [7, 11) is 0. The van der Waals surface area contributed by atoms with Crippen LogP contribution in [0.2, 0.25) is 0 Å². The van der Waals surface area contributed by atoms with Crippen LogP contribution in [0.15, 0.2) is 12.3 Å². The molecule has 0 amide bonds. The molecule has 0 aromatic rings. The molecule has 38 heavy (non-hydrogen) atoms. The molecule has 5 aliphatic rings. The average Bonchev–Trinajstić information content (AvgIpc) is 3.35. The Hall–Kier alpha value is -2.13. The van der Waals surface area contributed by atoms with E-state index in [2.05, 4.69) is 19.9 Å². The van der Waals surface area contributed by atoms with E-state index in [1.54, 1.807) is 6.26 Å². The normalized spacial score (nSPS) is 45.5. The van der Waals surface area contributed by atoms with Gasteiger partial charge in [0.05, 0.1) is 30.3 Å². The van der Waals surface area contributed by atoms with Crippen molar-refractivity contribution in [3.8, 4) is 0 Å². The summed E-state index contributed by atoms with van der Waals surface area (Å²) >= 11 is 0. The summed E-state index contributed by atoms with van der Waals surface area (Å²) in [5.74, 6) is -1.08. The van der Waals surface area contributed by atoms with Crippen molar-refractivity contribution in [2.45, 2.75) is 104 Å². The van der Waals surface area contributed by atoms with Gasteiger partial charge in [-0.25, -0.2) is 0 Å². The van der Waals surface area contributed by atoms with Crippen molar-refractivity contribution in [3.63, 3.8) is 0 Å². The van der Waals surface area contributed by atoms with Crippen LogP contribution in [0.25, 0.3) is 0 Å². The lowest BCUT2D eigenvalue weighted by Gasteiger charge is -2.64. The van der Waals surface area contributed by atoms with Gasteiger partial charge in [-0.2, -0.15) is 0 Å². The van der Waals surface area contributed by atoms with Crippen LogP contribution in [0.4, 0.5) is 0 Å². The van der Waals surface area contributed by atoms with E-state index in [-0.39, 0.29) is 54.1 Å². The third kappa shape index (κ3) is 4.07. The highest BCUT2D eigenvalue weighted by molar-refractivity contribution is 5.72. The van der Waals surface area contributed by atoms with E-state index in [1.807, 2.05) is 13.8 Å². The minimum Gasteiger partial charge on any atom is -0.472 e. The Morgan fingerprint density at radius 3 is 2.42 bits per heavy atom. The average molecular weight is 535 g/mol. The van der Waals surface area contributed by atoms with Gasteiger partial charge >= 0.3 is 17.9 Å². The molecule has 2 aliphatic carbocycles. The third-order valence-electron chi connectivity index (χ3n) is 10.5. The number of rotatable bonds is 7. The summed E-state index contributed by atoms with van der Waals surface area (Å²) in [5, 5.41) is 0. The molecule has 4 fully saturated rings. The Bertz CT molecular complexity index is 989. The molecule has 0 radical (unpaired) electrons. The van der Waals surface area contributed by atoms with Crippen LogP contribution in [-0.2, 0) is 42.8 Å². The molecule has 11 atom stereocenters. The van der Waals surface area contributed by atoms with Crippen molar-refractivity contribution in [1.82, 2.24) is 0 Å². The largest absolute Gasteiger partial charge is 0.472 e. The lowest BCUT2D eigenvalue weighted by atomic mass is 9.42. The minimum atomic E-state index is -0.916. The van der Waals surface area contributed by atoms with Crippen LogP contribution in [0.1, 0.15) is 73.6 Å². The summed E-state index contributed by atoms with van der Waals surface area (Å²) in [6, 6.07) is 0. The van der Waals surface area contributed by atoms with E-state index in [9.17, 15) is 14.4 Å². The third-order valence-corrected chi connectivity index (χ3v) is 10.5. The van der Waals surface area contributed by atoms with Crippen LogP contribution in [-0.4, -0.2) is 61.3 Å². The smallest absolute Gasteiger partial charge is 0.309 e. The number of ether oxygens (including phenoxy) is 6. The number of epoxide rings is 1. The topological polar surface area (TPSA) is 110 Å².